The fourth-order valence-corrected chi connectivity index (χ4v) is 1.88. The van der Waals surface area contributed by atoms with Gasteiger partial charge in [0.2, 0.25) is 0 Å². The molecular weight excluding hydrogens is 208 g/mol. The summed E-state index contributed by atoms with van der Waals surface area (Å²) in [4.78, 5) is 10.9. The van der Waals surface area contributed by atoms with Crippen LogP contribution in [0.25, 0.3) is 0 Å². The molecule has 2 nitrogen and oxygen atoms in total. The molecular formula is C8H15BrO2. The number of halogens is 1. The third kappa shape index (κ3) is 5.24. The Morgan fingerprint density at radius 1 is 1.55 bits per heavy atom. The molecule has 0 aliphatic carbocycles. The standard InChI is InChI=1S/C8H15BrO2/c1-8(2,4-5-9)6-7(10)11-3/h4-6H2,1-3H3. The Labute approximate surface area is 76.4 Å². The summed E-state index contributed by atoms with van der Waals surface area (Å²) in [5, 5.41) is 0.928. The van der Waals surface area contributed by atoms with Gasteiger partial charge in [0.25, 0.3) is 0 Å². The fourth-order valence-electron chi connectivity index (χ4n) is 0.807. The summed E-state index contributed by atoms with van der Waals surface area (Å²) in [5.74, 6) is -0.129. The van der Waals surface area contributed by atoms with Crippen molar-refractivity contribution in [1.82, 2.24) is 0 Å². The molecule has 0 aliphatic heterocycles. The normalized spacial score (nSPS) is 11.3. The van der Waals surface area contributed by atoms with E-state index in [0.717, 1.165) is 11.8 Å². The van der Waals surface area contributed by atoms with E-state index < -0.39 is 0 Å². The monoisotopic (exact) mass is 222 g/mol. The summed E-state index contributed by atoms with van der Waals surface area (Å²) in [7, 11) is 1.42. The third-order valence-corrected chi connectivity index (χ3v) is 2.02. The lowest BCUT2D eigenvalue weighted by atomic mass is 9.87. The first kappa shape index (κ1) is 11.0. The minimum Gasteiger partial charge on any atom is -0.469 e. The molecule has 0 heterocycles. The van der Waals surface area contributed by atoms with Crippen molar-refractivity contribution in [2.45, 2.75) is 26.7 Å². The predicted octanol–water partition coefficient (Wildman–Crippen LogP) is 2.36. The summed E-state index contributed by atoms with van der Waals surface area (Å²) in [6.45, 7) is 4.12. The maximum absolute atomic E-state index is 10.9. The van der Waals surface area contributed by atoms with E-state index in [1.54, 1.807) is 0 Å². The van der Waals surface area contributed by atoms with Crippen LogP contribution < -0.4 is 0 Å². The van der Waals surface area contributed by atoms with Crippen molar-refractivity contribution in [3.05, 3.63) is 0 Å². The number of ether oxygens (including phenoxy) is 1. The van der Waals surface area contributed by atoms with Crippen LogP contribution in [-0.4, -0.2) is 18.4 Å². The molecule has 0 unspecified atom stereocenters. The first-order valence-corrected chi connectivity index (χ1v) is 4.77. The van der Waals surface area contributed by atoms with Crippen LogP contribution in [0.3, 0.4) is 0 Å². The topological polar surface area (TPSA) is 26.3 Å². The van der Waals surface area contributed by atoms with E-state index in [2.05, 4.69) is 34.5 Å². The van der Waals surface area contributed by atoms with E-state index in [1.807, 2.05) is 0 Å². The highest BCUT2D eigenvalue weighted by Gasteiger charge is 2.21. The molecule has 3 heteroatoms. The number of hydrogen-bond donors (Lipinski definition) is 0. The predicted molar refractivity (Wildman–Crippen MR) is 48.8 cm³/mol. The van der Waals surface area contributed by atoms with E-state index in [9.17, 15) is 4.79 Å². The maximum atomic E-state index is 10.9. The Morgan fingerprint density at radius 2 is 2.09 bits per heavy atom. The van der Waals surface area contributed by atoms with Crippen LogP contribution in [0.4, 0.5) is 0 Å². The molecule has 11 heavy (non-hydrogen) atoms. The van der Waals surface area contributed by atoms with Crippen molar-refractivity contribution in [2.24, 2.45) is 5.41 Å². The van der Waals surface area contributed by atoms with Crippen LogP contribution in [0.5, 0.6) is 0 Å². The van der Waals surface area contributed by atoms with Crippen LogP contribution in [0.1, 0.15) is 26.7 Å². The average molecular weight is 223 g/mol. The zero-order valence-corrected chi connectivity index (χ0v) is 8.90. The van der Waals surface area contributed by atoms with Crippen LogP contribution in [0, 0.1) is 5.41 Å². The number of rotatable bonds is 4. The minimum absolute atomic E-state index is 0.0522. The molecule has 0 radical (unpaired) electrons. The largest absolute Gasteiger partial charge is 0.469 e. The number of carbonyl (C=O) groups is 1. The van der Waals surface area contributed by atoms with Crippen LogP contribution in [0.15, 0.2) is 0 Å². The van der Waals surface area contributed by atoms with Gasteiger partial charge in [-0.15, -0.1) is 0 Å². The molecule has 0 N–H and O–H groups in total. The van der Waals surface area contributed by atoms with Gasteiger partial charge in [-0.05, 0) is 11.8 Å². The molecule has 0 aromatic carbocycles. The van der Waals surface area contributed by atoms with Gasteiger partial charge in [-0.25, -0.2) is 0 Å². The van der Waals surface area contributed by atoms with Gasteiger partial charge in [0.05, 0.1) is 13.5 Å². The van der Waals surface area contributed by atoms with Gasteiger partial charge >= 0.3 is 5.97 Å². The average Bonchev–Trinajstić information content (AvgIpc) is 1.86. The van der Waals surface area contributed by atoms with E-state index >= 15 is 0 Å². The van der Waals surface area contributed by atoms with Crippen molar-refractivity contribution >= 4 is 21.9 Å². The van der Waals surface area contributed by atoms with Gasteiger partial charge in [-0.2, -0.15) is 0 Å². The maximum Gasteiger partial charge on any atom is 0.306 e. The molecule has 0 bridgehead atoms. The zero-order valence-electron chi connectivity index (χ0n) is 7.32. The summed E-state index contributed by atoms with van der Waals surface area (Å²) in [5.41, 5.74) is 0.0522. The molecule has 0 aromatic rings. The highest BCUT2D eigenvalue weighted by molar-refractivity contribution is 9.09. The molecule has 0 aromatic heterocycles. The van der Waals surface area contributed by atoms with Crippen molar-refractivity contribution in [2.75, 3.05) is 12.4 Å². The van der Waals surface area contributed by atoms with Gasteiger partial charge in [0.1, 0.15) is 0 Å². The Morgan fingerprint density at radius 3 is 2.45 bits per heavy atom. The molecule has 0 saturated heterocycles. The van der Waals surface area contributed by atoms with Crippen molar-refractivity contribution in [1.29, 1.82) is 0 Å². The quantitative estimate of drug-likeness (QED) is 0.540. The fraction of sp³-hybridized carbons (Fsp3) is 0.875. The number of carbonyl (C=O) groups excluding carboxylic acids is 1. The Bertz CT molecular complexity index is 132. The number of methoxy groups -OCH3 is 1. The summed E-state index contributed by atoms with van der Waals surface area (Å²) < 4.78 is 4.58. The first-order chi connectivity index (χ1) is 5.02. The second kappa shape index (κ2) is 4.75. The van der Waals surface area contributed by atoms with Gasteiger partial charge in [0.15, 0.2) is 0 Å². The Hall–Kier alpha value is -0.0500. The molecule has 0 spiro atoms. The third-order valence-electron chi connectivity index (χ3n) is 1.62. The Kier molecular flexibility index (Phi) is 4.73. The Balaban J connectivity index is 3.80. The number of esters is 1. The van der Waals surface area contributed by atoms with E-state index in [1.165, 1.54) is 7.11 Å². The van der Waals surface area contributed by atoms with Gasteiger partial charge in [-0.3, -0.25) is 4.79 Å². The lowest BCUT2D eigenvalue weighted by molar-refractivity contribution is -0.142. The van der Waals surface area contributed by atoms with Gasteiger partial charge < -0.3 is 4.74 Å². The highest BCUT2D eigenvalue weighted by atomic mass is 79.9. The van der Waals surface area contributed by atoms with Crippen molar-refractivity contribution in [3.8, 4) is 0 Å². The van der Waals surface area contributed by atoms with E-state index in [4.69, 9.17) is 0 Å². The van der Waals surface area contributed by atoms with E-state index in [0.29, 0.717) is 6.42 Å². The van der Waals surface area contributed by atoms with Crippen LogP contribution >= 0.6 is 15.9 Å². The summed E-state index contributed by atoms with van der Waals surface area (Å²) >= 11 is 3.34. The first-order valence-electron chi connectivity index (χ1n) is 3.64. The lowest BCUT2D eigenvalue weighted by Gasteiger charge is -2.21. The van der Waals surface area contributed by atoms with Gasteiger partial charge in [0, 0.05) is 5.33 Å². The highest BCUT2D eigenvalue weighted by Crippen LogP contribution is 2.25. The molecule has 0 aliphatic rings. The SMILES string of the molecule is COC(=O)CC(C)(C)CCBr. The van der Waals surface area contributed by atoms with Gasteiger partial charge in [-0.1, -0.05) is 29.8 Å². The zero-order chi connectivity index (χ0) is 8.91. The molecule has 0 rings (SSSR count). The van der Waals surface area contributed by atoms with E-state index in [-0.39, 0.29) is 11.4 Å². The number of alkyl halides is 1. The molecule has 66 valence electrons. The lowest BCUT2D eigenvalue weighted by Crippen LogP contribution is -2.18. The second-order valence-electron chi connectivity index (χ2n) is 3.36. The van der Waals surface area contributed by atoms with Crippen LogP contribution in [-0.2, 0) is 9.53 Å². The van der Waals surface area contributed by atoms with Crippen molar-refractivity contribution < 1.29 is 9.53 Å². The molecule has 0 atom stereocenters. The molecule has 0 fully saturated rings. The molecule has 0 saturated carbocycles. The summed E-state index contributed by atoms with van der Waals surface area (Å²) in [6, 6.07) is 0. The van der Waals surface area contributed by atoms with Crippen molar-refractivity contribution in [3.63, 3.8) is 0 Å². The minimum atomic E-state index is -0.129. The second-order valence-corrected chi connectivity index (χ2v) is 4.15. The smallest absolute Gasteiger partial charge is 0.306 e. The van der Waals surface area contributed by atoms with Crippen LogP contribution in [0.2, 0.25) is 0 Å². The summed E-state index contributed by atoms with van der Waals surface area (Å²) in [6.07, 6.45) is 1.48. The molecule has 0 amide bonds. The number of hydrogen-bond acceptors (Lipinski definition) is 2.